The number of nitrogens with zero attached hydrogens (tertiary/aromatic N) is 9. The molecule has 3 saturated heterocycles. The number of ether oxygens (including phenoxy) is 6. The van der Waals surface area contributed by atoms with Crippen LogP contribution in [0.15, 0.2) is 184 Å². The van der Waals surface area contributed by atoms with Gasteiger partial charge in [0.15, 0.2) is 32.5 Å². The number of aromatic nitrogens is 3. The number of piperidine rings is 3. The zero-order valence-electron chi connectivity index (χ0n) is 60.0. The van der Waals surface area contributed by atoms with E-state index >= 15 is 0 Å². The summed E-state index contributed by atoms with van der Waals surface area (Å²) < 4.78 is 131. The fourth-order valence-electron chi connectivity index (χ4n) is 13.3. The van der Waals surface area contributed by atoms with Crippen LogP contribution in [-0.2, 0) is 57.2 Å². The fraction of sp³-hybridized carbons (Fsp3) is 0.360. The number of alkyl halides is 4. The van der Waals surface area contributed by atoms with Gasteiger partial charge in [-0.3, -0.25) is 44.1 Å². The third-order valence-electron chi connectivity index (χ3n) is 17.7. The molecule has 12 rings (SSSR count). The molecule has 0 bridgehead atoms. The van der Waals surface area contributed by atoms with E-state index in [9.17, 15) is 59.5 Å². The van der Waals surface area contributed by atoms with Gasteiger partial charge in [0.25, 0.3) is 25.3 Å². The minimum atomic E-state index is -3.01. The summed E-state index contributed by atoms with van der Waals surface area (Å²) in [5.74, 6) is -6.07. The maximum Gasteiger partial charge on any atom is 0.338 e. The second kappa shape index (κ2) is 41.1. The number of hydrogen-bond donors (Lipinski definition) is 3. The van der Waals surface area contributed by atoms with Crippen molar-refractivity contribution in [1.82, 2.24) is 45.6 Å². The van der Waals surface area contributed by atoms with Gasteiger partial charge in [-0.1, -0.05) is 61.7 Å². The molecule has 37 heteroatoms. The molecule has 0 spiro atoms. The average molecular weight is 1760 g/mol. The highest BCUT2D eigenvalue weighted by molar-refractivity contribution is 9.10. The first kappa shape index (κ1) is 85.3. The van der Waals surface area contributed by atoms with Gasteiger partial charge < -0.3 is 44.4 Å². The van der Waals surface area contributed by atoms with Crippen molar-refractivity contribution >= 4 is 132 Å². The topological polar surface area (TPSA) is 279 Å². The zero-order valence-corrected chi connectivity index (χ0v) is 66.4. The number of carbonyl (C=O) groups is 6. The van der Waals surface area contributed by atoms with Crippen LogP contribution in [-0.4, -0.2) is 181 Å². The van der Waals surface area contributed by atoms with Gasteiger partial charge in [0.2, 0.25) is 0 Å². The summed E-state index contributed by atoms with van der Waals surface area (Å²) in [5.41, 5.74) is 3.38. The van der Waals surface area contributed by atoms with Gasteiger partial charge in [0, 0.05) is 130 Å². The van der Waals surface area contributed by atoms with Crippen LogP contribution in [0.25, 0.3) is 0 Å². The average Bonchev–Trinajstić information content (AvgIpc) is 1.21. The van der Waals surface area contributed by atoms with Crippen LogP contribution in [0.1, 0.15) is 89.9 Å². The first-order valence-corrected chi connectivity index (χ1v) is 39.5. The lowest BCUT2D eigenvalue weighted by molar-refractivity contribution is -0.139. The van der Waals surface area contributed by atoms with Crippen LogP contribution in [0.4, 0.5) is 30.7 Å². The molecule has 594 valence electrons. The highest BCUT2D eigenvalue weighted by Crippen LogP contribution is 2.42. The Hall–Kier alpha value is -9.14. The predicted molar refractivity (Wildman–Crippen MR) is 411 cm³/mol. The van der Waals surface area contributed by atoms with E-state index in [4.69, 9.17) is 40.8 Å². The lowest BCUT2D eigenvalue weighted by Crippen LogP contribution is -2.49. The maximum absolute atomic E-state index is 14.7. The number of esters is 3. The van der Waals surface area contributed by atoms with Gasteiger partial charge >= 0.3 is 17.9 Å². The number of amidine groups is 3. The molecule has 3 aromatic carbocycles. The SMILES string of the molecule is CCOC(=O)C1=C(CN2CC(/C=C/OC=O)CC(F)(F)C2)NC(c2nccs2)=N[C@H]1c1ccc(F)cc1Br.CCOC(=O)C1=C(CN2CC(F)CC(/C=C/OC=O)C2)NC(c2nccs2)=N[C@H]1c1ccc(F)cc1Br.CCOC(=O)C1=C(CN2CC(F)CC(/C=C/OC=O)C2)NC(c2nccs2)=N[C@H]1c1ccc(F)cc1Cl. The summed E-state index contributed by atoms with van der Waals surface area (Å²) in [7, 11) is 0. The van der Waals surface area contributed by atoms with Crippen molar-refractivity contribution in [3.63, 3.8) is 0 Å². The molecule has 3 fully saturated rings. The van der Waals surface area contributed by atoms with E-state index in [1.165, 1.54) is 100.0 Å². The first-order valence-electron chi connectivity index (χ1n) is 34.9. The van der Waals surface area contributed by atoms with E-state index in [1.54, 1.807) is 68.3 Å². The smallest absolute Gasteiger partial charge is 0.338 e. The summed E-state index contributed by atoms with van der Waals surface area (Å²) in [5, 5.41) is 16.8. The molecule has 3 aromatic heterocycles. The van der Waals surface area contributed by atoms with Crippen molar-refractivity contribution in [1.29, 1.82) is 0 Å². The van der Waals surface area contributed by atoms with E-state index in [0.717, 1.165) is 12.3 Å². The highest BCUT2D eigenvalue weighted by atomic mass is 79.9. The molecule has 6 aromatic rings. The minimum Gasteiger partial charge on any atom is -0.463 e. The molecule has 5 unspecified atom stereocenters. The third-order valence-corrected chi connectivity index (χ3v) is 21.7. The fourth-order valence-corrected chi connectivity index (χ4v) is 16.5. The van der Waals surface area contributed by atoms with Crippen molar-refractivity contribution in [3.8, 4) is 0 Å². The number of rotatable bonds is 27. The second-order valence-corrected chi connectivity index (χ2v) is 30.4. The molecule has 3 N–H and O–H groups in total. The van der Waals surface area contributed by atoms with Crippen molar-refractivity contribution in [2.75, 3.05) is 78.7 Å². The Labute approximate surface area is 672 Å². The van der Waals surface area contributed by atoms with E-state index in [-0.39, 0.29) is 106 Å². The zero-order chi connectivity index (χ0) is 80.0. The summed E-state index contributed by atoms with van der Waals surface area (Å²) in [6.07, 6.45) is 11.1. The van der Waals surface area contributed by atoms with Crippen LogP contribution < -0.4 is 16.0 Å². The number of thiazole rings is 3. The summed E-state index contributed by atoms with van der Waals surface area (Å²) in [6.45, 7) is 7.49. The molecule has 8 atom stereocenters. The summed E-state index contributed by atoms with van der Waals surface area (Å²) >= 11 is 17.2. The van der Waals surface area contributed by atoms with Crippen molar-refractivity contribution in [2.45, 2.75) is 76.4 Å². The van der Waals surface area contributed by atoms with Gasteiger partial charge in [-0.05, 0) is 117 Å². The monoisotopic (exact) mass is 1760 g/mol. The molecular formula is C75H74Br2ClF7N12O12S3. The Balaban J connectivity index is 0.000000178. The van der Waals surface area contributed by atoms with E-state index in [1.807, 2.05) is 15.2 Å². The Kier molecular flexibility index (Phi) is 31.3. The maximum atomic E-state index is 14.7. The van der Waals surface area contributed by atoms with E-state index in [0.29, 0.717) is 108 Å². The quantitative estimate of drug-likeness (QED) is 0.0142. The normalized spacial score (nSPS) is 22.2. The Morgan fingerprint density at radius 1 is 0.527 bits per heavy atom. The molecule has 6 aliphatic rings. The number of carbonyl (C=O) groups excluding carboxylic acids is 6. The third kappa shape index (κ3) is 23.1. The van der Waals surface area contributed by atoms with Gasteiger partial charge in [0.1, 0.15) is 47.9 Å². The van der Waals surface area contributed by atoms with Crippen molar-refractivity contribution < 1.29 is 87.9 Å². The summed E-state index contributed by atoms with van der Waals surface area (Å²) in [6, 6.07) is 9.50. The molecule has 9 heterocycles. The molecule has 0 radical (unpaired) electrons. The largest absolute Gasteiger partial charge is 0.463 e. The van der Waals surface area contributed by atoms with Crippen LogP contribution in [0.3, 0.4) is 0 Å². The van der Waals surface area contributed by atoms with Crippen molar-refractivity contribution in [2.24, 2.45) is 32.7 Å². The molecule has 6 aliphatic heterocycles. The number of nitrogens with one attached hydrogen (secondary N) is 3. The number of halogens is 10. The number of benzene rings is 3. The van der Waals surface area contributed by atoms with Crippen LogP contribution in [0.5, 0.6) is 0 Å². The molecule has 0 amide bonds. The van der Waals surface area contributed by atoms with Crippen LogP contribution in [0.2, 0.25) is 5.02 Å². The summed E-state index contributed by atoms with van der Waals surface area (Å²) in [4.78, 5) is 104. The molecule has 0 saturated carbocycles. The van der Waals surface area contributed by atoms with Crippen molar-refractivity contribution in [3.05, 3.63) is 223 Å². The first-order chi connectivity index (χ1) is 54.0. The molecule has 0 aliphatic carbocycles. The Morgan fingerprint density at radius 3 is 1.22 bits per heavy atom. The number of aliphatic imine (C=N–C) groups is 3. The van der Waals surface area contributed by atoms with Gasteiger partial charge in [-0.15, -0.1) is 34.0 Å². The van der Waals surface area contributed by atoms with Crippen LogP contribution >= 0.6 is 77.5 Å². The molecule has 24 nitrogen and oxygen atoms in total. The number of hydrogen-bond acceptors (Lipinski definition) is 27. The van der Waals surface area contributed by atoms with Gasteiger partial charge in [-0.25, -0.2) is 60.1 Å². The minimum absolute atomic E-state index is 0.0532. The van der Waals surface area contributed by atoms with Gasteiger partial charge in [0.05, 0.1) is 61.9 Å². The van der Waals surface area contributed by atoms with E-state index in [2.05, 4.69) is 77.0 Å². The predicted octanol–water partition coefficient (Wildman–Crippen LogP) is 13.1. The standard InChI is InChI=1S/C25H24BrF3N4O4S.C25H25BrF2N4O4S.C25H25ClF2N4O4S/c1-2-37-24(35)20-19(12-33-11-15(5-7-36-14-34)10-25(28,29)13-33)31-22(23-30-6-8-38-23)32-21(20)17-4-3-16(27)9-18(17)26;2*1-2-36-25(34)21-20(13-32-11-15(5-7-35-14-33)9-17(28)12-32)30-23(24-29-6-8-37-24)31-22(21)18-4-3-16(27)10-19(18)26/h3-9,14-15,21H,2,10-13H2,1H3,(H,31,32);2*3-8,10,14-15,17,22H,2,9,11-13H2,1H3,(H,30,31)/b3*7-5+/t15?,21-;2*15?,17?,22-/m000/s1. The lowest BCUT2D eigenvalue weighted by Gasteiger charge is -2.38. The molecular weight excluding hydrogens is 1690 g/mol. The second-order valence-electron chi connectivity index (χ2n) is 25.6. The van der Waals surface area contributed by atoms with Crippen LogP contribution in [0, 0.1) is 35.2 Å². The number of likely N-dealkylation sites (tertiary alicyclic amines) is 3. The Morgan fingerprint density at radius 2 is 0.875 bits per heavy atom. The Bertz CT molecular complexity index is 4430. The van der Waals surface area contributed by atoms with Gasteiger partial charge in [-0.2, -0.15) is 0 Å². The lowest BCUT2D eigenvalue weighted by atomic mass is 9.93. The van der Waals surface area contributed by atoms with E-state index < -0.39 is 90.6 Å². The molecule has 112 heavy (non-hydrogen) atoms. The highest BCUT2D eigenvalue weighted by Gasteiger charge is 2.43.